The van der Waals surface area contributed by atoms with Crippen LogP contribution in [0.3, 0.4) is 0 Å². The maximum Gasteiger partial charge on any atom is 0.389 e. The van der Waals surface area contributed by atoms with Gasteiger partial charge >= 0.3 is 6.18 Å². The van der Waals surface area contributed by atoms with Crippen molar-refractivity contribution in [1.82, 2.24) is 5.32 Å². The van der Waals surface area contributed by atoms with E-state index in [1.807, 2.05) is 44.3 Å². The number of benzene rings is 1. The van der Waals surface area contributed by atoms with Gasteiger partial charge in [0.05, 0.1) is 12.1 Å². The molecule has 1 aromatic rings. The number of nitrogens with one attached hydrogen (secondary N) is 1. The zero-order chi connectivity index (χ0) is 15.0. The molecule has 0 bridgehead atoms. The van der Waals surface area contributed by atoms with Crippen LogP contribution in [0.15, 0.2) is 30.3 Å². The quantitative estimate of drug-likeness (QED) is 0.728. The van der Waals surface area contributed by atoms with Gasteiger partial charge in [-0.2, -0.15) is 13.2 Å². The first kappa shape index (κ1) is 17.0. The largest absolute Gasteiger partial charge is 0.389 e. The molecule has 0 saturated carbocycles. The normalized spacial score (nSPS) is 15.1. The lowest BCUT2D eigenvalue weighted by molar-refractivity contribution is -0.139. The van der Waals surface area contributed by atoms with Crippen molar-refractivity contribution >= 4 is 0 Å². The number of rotatable bonds is 8. The third kappa shape index (κ3) is 5.92. The summed E-state index contributed by atoms with van der Waals surface area (Å²) in [5.74, 6) is 0. The van der Waals surface area contributed by atoms with Crippen molar-refractivity contribution in [2.45, 2.75) is 44.5 Å². The Morgan fingerprint density at radius 3 is 2.35 bits per heavy atom. The second-order valence-corrected chi connectivity index (χ2v) is 4.71. The highest BCUT2D eigenvalue weighted by Crippen LogP contribution is 2.24. The second-order valence-electron chi connectivity index (χ2n) is 4.71. The van der Waals surface area contributed by atoms with Crippen molar-refractivity contribution in [1.29, 1.82) is 0 Å². The van der Waals surface area contributed by atoms with Crippen LogP contribution in [-0.4, -0.2) is 25.9 Å². The van der Waals surface area contributed by atoms with Gasteiger partial charge < -0.3 is 10.1 Å². The van der Waals surface area contributed by atoms with Gasteiger partial charge in [0, 0.05) is 13.0 Å². The molecule has 0 aliphatic heterocycles. The molecule has 0 aromatic heterocycles. The Kier molecular flexibility index (Phi) is 7.02. The van der Waals surface area contributed by atoms with E-state index in [2.05, 4.69) is 5.32 Å². The van der Waals surface area contributed by atoms with E-state index in [1.165, 1.54) is 0 Å². The molecule has 0 spiro atoms. The Labute approximate surface area is 118 Å². The molecule has 0 saturated heterocycles. The lowest BCUT2D eigenvalue weighted by atomic mass is 10.00. The smallest absolute Gasteiger partial charge is 0.376 e. The highest BCUT2D eigenvalue weighted by Gasteiger charge is 2.27. The van der Waals surface area contributed by atoms with Gasteiger partial charge in [0.15, 0.2) is 0 Å². The van der Waals surface area contributed by atoms with Crippen molar-refractivity contribution in [3.8, 4) is 0 Å². The average Bonchev–Trinajstić information content (AvgIpc) is 2.42. The number of halogens is 3. The molecule has 0 aliphatic rings. The lowest BCUT2D eigenvalue weighted by Crippen LogP contribution is -2.31. The molecule has 0 aliphatic carbocycles. The van der Waals surface area contributed by atoms with E-state index in [1.54, 1.807) is 0 Å². The zero-order valence-corrected chi connectivity index (χ0v) is 11.9. The van der Waals surface area contributed by atoms with Crippen molar-refractivity contribution in [3.05, 3.63) is 35.9 Å². The summed E-state index contributed by atoms with van der Waals surface area (Å²) in [4.78, 5) is 0. The Morgan fingerprint density at radius 2 is 1.85 bits per heavy atom. The Hall–Kier alpha value is -1.07. The number of hydrogen-bond donors (Lipinski definition) is 1. The third-order valence-electron chi connectivity index (χ3n) is 3.18. The molecular formula is C15H22F3NO. The highest BCUT2D eigenvalue weighted by molar-refractivity contribution is 5.20. The monoisotopic (exact) mass is 289 g/mol. The second kappa shape index (κ2) is 8.27. The molecule has 0 fully saturated rings. The van der Waals surface area contributed by atoms with E-state index in [-0.39, 0.29) is 25.2 Å². The zero-order valence-electron chi connectivity index (χ0n) is 11.9. The molecule has 2 nitrogen and oxygen atoms in total. The van der Waals surface area contributed by atoms with E-state index < -0.39 is 12.6 Å². The Bertz CT molecular complexity index is 367. The maximum absolute atomic E-state index is 12.1. The van der Waals surface area contributed by atoms with Crippen LogP contribution >= 0.6 is 0 Å². The van der Waals surface area contributed by atoms with E-state index in [0.29, 0.717) is 0 Å². The van der Waals surface area contributed by atoms with Crippen molar-refractivity contribution in [3.63, 3.8) is 0 Å². The number of alkyl halides is 3. The summed E-state index contributed by atoms with van der Waals surface area (Å²) in [7, 11) is 1.83. The molecule has 0 amide bonds. The number of likely N-dealkylation sites (N-methyl/N-ethyl adjacent to an activating group) is 1. The van der Waals surface area contributed by atoms with Crippen LogP contribution in [0.25, 0.3) is 0 Å². The minimum Gasteiger partial charge on any atom is -0.376 e. The van der Waals surface area contributed by atoms with Crippen LogP contribution in [0.2, 0.25) is 0 Å². The molecule has 20 heavy (non-hydrogen) atoms. The van der Waals surface area contributed by atoms with Gasteiger partial charge in [-0.05, 0) is 25.5 Å². The molecule has 2 unspecified atom stereocenters. The first-order valence-corrected chi connectivity index (χ1v) is 6.88. The first-order chi connectivity index (χ1) is 9.48. The molecule has 1 aromatic carbocycles. The summed E-state index contributed by atoms with van der Waals surface area (Å²) < 4.78 is 41.9. The topological polar surface area (TPSA) is 21.3 Å². The summed E-state index contributed by atoms with van der Waals surface area (Å²) in [6.07, 6.45) is -4.28. The van der Waals surface area contributed by atoms with E-state index >= 15 is 0 Å². The van der Waals surface area contributed by atoms with Crippen LogP contribution < -0.4 is 5.32 Å². The van der Waals surface area contributed by atoms with Gasteiger partial charge in [-0.3, -0.25) is 0 Å². The van der Waals surface area contributed by atoms with Gasteiger partial charge in [-0.1, -0.05) is 37.3 Å². The van der Waals surface area contributed by atoms with Gasteiger partial charge in [0.25, 0.3) is 0 Å². The summed E-state index contributed by atoms with van der Waals surface area (Å²) in [6, 6.07) is 9.78. The molecule has 1 N–H and O–H groups in total. The highest BCUT2D eigenvalue weighted by atomic mass is 19.4. The first-order valence-electron chi connectivity index (χ1n) is 6.88. The number of hydrogen-bond acceptors (Lipinski definition) is 2. The summed E-state index contributed by atoms with van der Waals surface area (Å²) in [5.41, 5.74) is 1.08. The summed E-state index contributed by atoms with van der Waals surface area (Å²) in [6.45, 7) is 2.10. The van der Waals surface area contributed by atoms with Crippen LogP contribution in [0.4, 0.5) is 13.2 Å². The SMILES string of the molecule is CCC(OCCCC(F)(F)F)C(NC)c1ccccc1. The van der Waals surface area contributed by atoms with E-state index in [4.69, 9.17) is 4.74 Å². The van der Waals surface area contributed by atoms with Gasteiger partial charge in [0.1, 0.15) is 0 Å². The minimum absolute atomic E-state index is 0.00518. The molecule has 0 heterocycles. The van der Waals surface area contributed by atoms with E-state index in [9.17, 15) is 13.2 Å². The van der Waals surface area contributed by atoms with E-state index in [0.717, 1.165) is 12.0 Å². The standard InChI is InChI=1S/C15H22F3NO/c1-3-13(20-11-7-10-15(16,17)18)14(19-2)12-8-5-4-6-9-12/h4-6,8-9,13-14,19H,3,7,10-11H2,1-2H3. The number of ether oxygens (including phenoxy) is 1. The summed E-state index contributed by atoms with van der Waals surface area (Å²) in [5, 5.41) is 3.18. The molecule has 1 rings (SSSR count). The average molecular weight is 289 g/mol. The van der Waals surface area contributed by atoms with Crippen molar-refractivity contribution < 1.29 is 17.9 Å². The Morgan fingerprint density at radius 1 is 1.20 bits per heavy atom. The van der Waals surface area contributed by atoms with Crippen molar-refractivity contribution in [2.75, 3.05) is 13.7 Å². The van der Waals surface area contributed by atoms with Gasteiger partial charge in [0.2, 0.25) is 0 Å². The van der Waals surface area contributed by atoms with Crippen LogP contribution in [0.5, 0.6) is 0 Å². The molecule has 2 atom stereocenters. The molecule has 0 radical (unpaired) electrons. The molecular weight excluding hydrogens is 267 g/mol. The predicted octanol–water partition coefficient (Wildman–Crippen LogP) is 4.08. The Balaban J connectivity index is 2.51. The van der Waals surface area contributed by atoms with Crippen LogP contribution in [0.1, 0.15) is 37.8 Å². The van der Waals surface area contributed by atoms with Crippen LogP contribution in [-0.2, 0) is 4.74 Å². The third-order valence-corrected chi connectivity index (χ3v) is 3.18. The fourth-order valence-corrected chi connectivity index (χ4v) is 2.18. The molecule has 114 valence electrons. The van der Waals surface area contributed by atoms with Gasteiger partial charge in [-0.15, -0.1) is 0 Å². The van der Waals surface area contributed by atoms with Gasteiger partial charge in [-0.25, -0.2) is 0 Å². The van der Waals surface area contributed by atoms with Crippen LogP contribution in [0, 0.1) is 0 Å². The fraction of sp³-hybridized carbons (Fsp3) is 0.600. The predicted molar refractivity (Wildman–Crippen MR) is 73.6 cm³/mol. The van der Waals surface area contributed by atoms with Crippen molar-refractivity contribution in [2.24, 2.45) is 0 Å². The molecule has 5 heteroatoms. The summed E-state index contributed by atoms with van der Waals surface area (Å²) >= 11 is 0. The fourth-order valence-electron chi connectivity index (χ4n) is 2.18. The minimum atomic E-state index is -4.10. The lowest BCUT2D eigenvalue weighted by Gasteiger charge is -2.26. The maximum atomic E-state index is 12.1.